The second kappa shape index (κ2) is 9.82. The number of carboxylic acids is 1. The van der Waals surface area contributed by atoms with Crippen molar-refractivity contribution in [1.82, 2.24) is 0 Å². The molecule has 0 unspecified atom stereocenters. The van der Waals surface area contributed by atoms with Gasteiger partial charge >= 0.3 is 5.97 Å². The summed E-state index contributed by atoms with van der Waals surface area (Å²) in [5.41, 5.74) is 0.518. The molecule has 0 heterocycles. The maximum absolute atomic E-state index is 12.6. The van der Waals surface area contributed by atoms with Crippen molar-refractivity contribution in [1.29, 1.82) is 0 Å². The molecule has 0 fully saturated rings. The van der Waals surface area contributed by atoms with Gasteiger partial charge in [0.25, 0.3) is 0 Å². The molecule has 2 aromatic carbocycles. The van der Waals surface area contributed by atoms with Crippen LogP contribution in [0.15, 0.2) is 42.5 Å². The first-order chi connectivity index (χ1) is 14.1. The van der Waals surface area contributed by atoms with Gasteiger partial charge in [0.15, 0.2) is 23.9 Å². The number of carbonyl (C=O) groups excluding carboxylic acids is 1. The fraction of sp³-hybridized carbons (Fsp3) is 0.304. The first kappa shape index (κ1) is 22.8. The van der Waals surface area contributed by atoms with Crippen LogP contribution in [0.2, 0.25) is 0 Å². The van der Waals surface area contributed by atoms with E-state index >= 15 is 0 Å². The van der Waals surface area contributed by atoms with Gasteiger partial charge in [0.05, 0.1) is 14.2 Å². The Balaban J connectivity index is 2.33. The second-order valence-electron chi connectivity index (χ2n) is 7.34. The molecule has 2 aromatic rings. The Hall–Kier alpha value is -3.48. The van der Waals surface area contributed by atoms with Crippen molar-refractivity contribution in [2.45, 2.75) is 26.4 Å². The number of carboxylic acid groups (broad SMARTS) is 1. The van der Waals surface area contributed by atoms with Gasteiger partial charge in [-0.3, -0.25) is 4.79 Å². The highest BCUT2D eigenvalue weighted by atomic mass is 16.5. The lowest BCUT2D eigenvalue weighted by Gasteiger charge is -2.25. The average molecular weight is 414 g/mol. The van der Waals surface area contributed by atoms with Crippen LogP contribution in [0.1, 0.15) is 36.7 Å². The van der Waals surface area contributed by atoms with Crippen LogP contribution in [0.25, 0.3) is 6.08 Å². The van der Waals surface area contributed by atoms with Crippen molar-refractivity contribution in [3.05, 3.63) is 53.6 Å². The predicted molar refractivity (Wildman–Crippen MR) is 113 cm³/mol. The topological polar surface area (TPSA) is 91.3 Å². The number of ether oxygens (including phenoxy) is 4. The maximum Gasteiger partial charge on any atom is 0.341 e. The molecule has 0 aliphatic heterocycles. The number of hydrogen-bond acceptors (Lipinski definition) is 6. The summed E-state index contributed by atoms with van der Waals surface area (Å²) in [6, 6.07) is 9.85. The van der Waals surface area contributed by atoms with Crippen molar-refractivity contribution in [3.8, 4) is 23.0 Å². The van der Waals surface area contributed by atoms with Gasteiger partial charge in [0, 0.05) is 11.1 Å². The molecule has 2 rings (SSSR count). The Morgan fingerprint density at radius 1 is 1.03 bits per heavy atom. The number of carbonyl (C=O) groups is 2. The van der Waals surface area contributed by atoms with Gasteiger partial charge in [-0.15, -0.1) is 0 Å². The molecule has 0 atom stereocenters. The first-order valence-electron chi connectivity index (χ1n) is 9.25. The Bertz CT molecular complexity index is 939. The van der Waals surface area contributed by atoms with Gasteiger partial charge < -0.3 is 24.1 Å². The van der Waals surface area contributed by atoms with Crippen LogP contribution in [-0.4, -0.2) is 43.3 Å². The van der Waals surface area contributed by atoms with E-state index in [0.29, 0.717) is 34.1 Å². The molecule has 0 amide bonds. The largest absolute Gasteiger partial charge is 0.493 e. The summed E-state index contributed by atoms with van der Waals surface area (Å²) in [5, 5.41) is 8.72. The molecule has 0 aliphatic carbocycles. The molecule has 0 bridgehead atoms. The molecule has 30 heavy (non-hydrogen) atoms. The highest BCUT2D eigenvalue weighted by Gasteiger charge is 2.21. The fourth-order valence-corrected chi connectivity index (χ4v) is 2.60. The van der Waals surface area contributed by atoms with Gasteiger partial charge in [-0.1, -0.05) is 12.1 Å². The van der Waals surface area contributed by atoms with Crippen LogP contribution in [0, 0.1) is 0 Å². The van der Waals surface area contributed by atoms with Gasteiger partial charge in [-0.05, 0) is 57.2 Å². The van der Waals surface area contributed by atoms with E-state index in [-0.39, 0.29) is 5.78 Å². The van der Waals surface area contributed by atoms with E-state index in [2.05, 4.69) is 0 Å². The first-order valence-corrected chi connectivity index (χ1v) is 9.25. The molecule has 7 nitrogen and oxygen atoms in total. The van der Waals surface area contributed by atoms with E-state index in [0.717, 1.165) is 0 Å². The van der Waals surface area contributed by atoms with Gasteiger partial charge in [0.1, 0.15) is 11.4 Å². The Morgan fingerprint density at radius 2 is 1.77 bits per heavy atom. The average Bonchev–Trinajstić information content (AvgIpc) is 2.69. The van der Waals surface area contributed by atoms with E-state index in [1.54, 1.807) is 36.4 Å². The molecule has 0 saturated carbocycles. The van der Waals surface area contributed by atoms with Crippen molar-refractivity contribution in [2.75, 3.05) is 20.8 Å². The third kappa shape index (κ3) is 6.27. The highest BCUT2D eigenvalue weighted by molar-refractivity contribution is 6.07. The number of aliphatic carboxylic acids is 1. The summed E-state index contributed by atoms with van der Waals surface area (Å²) in [6.07, 6.45) is 3.04. The summed E-state index contributed by atoms with van der Waals surface area (Å²) in [4.78, 5) is 23.3. The van der Waals surface area contributed by atoms with Gasteiger partial charge in [-0.25, -0.2) is 4.79 Å². The van der Waals surface area contributed by atoms with Gasteiger partial charge in [-0.2, -0.15) is 0 Å². The van der Waals surface area contributed by atoms with Crippen LogP contribution in [0.5, 0.6) is 23.0 Å². The number of benzene rings is 2. The smallest absolute Gasteiger partial charge is 0.341 e. The summed E-state index contributed by atoms with van der Waals surface area (Å²) >= 11 is 0. The summed E-state index contributed by atoms with van der Waals surface area (Å²) in [6.45, 7) is 5.25. The molecular weight excluding hydrogens is 388 g/mol. The molecule has 0 aliphatic rings. The lowest BCUT2D eigenvalue weighted by molar-refractivity contribution is -0.139. The molecular formula is C23H26O7. The number of ketones is 1. The Morgan fingerprint density at radius 3 is 2.37 bits per heavy atom. The Kier molecular flexibility index (Phi) is 7.47. The lowest BCUT2D eigenvalue weighted by Crippen LogP contribution is -2.23. The zero-order chi connectivity index (χ0) is 22.3. The second-order valence-corrected chi connectivity index (χ2v) is 7.34. The number of hydrogen-bond donors (Lipinski definition) is 1. The molecule has 160 valence electrons. The predicted octanol–water partition coefficient (Wildman–Crippen LogP) is 4.24. The van der Waals surface area contributed by atoms with Crippen molar-refractivity contribution < 1.29 is 33.6 Å². The number of allylic oxidation sites excluding steroid dienone is 1. The third-order valence-electron chi connectivity index (χ3n) is 3.83. The van der Waals surface area contributed by atoms with Crippen LogP contribution in [-0.2, 0) is 4.79 Å². The highest BCUT2D eigenvalue weighted by Crippen LogP contribution is 2.42. The van der Waals surface area contributed by atoms with Crippen LogP contribution >= 0.6 is 0 Å². The minimum atomic E-state index is -1.09. The molecule has 0 aromatic heterocycles. The van der Waals surface area contributed by atoms with E-state index < -0.39 is 18.2 Å². The summed E-state index contributed by atoms with van der Waals surface area (Å²) in [5.74, 6) is 0.361. The Labute approximate surface area is 175 Å². The van der Waals surface area contributed by atoms with Crippen LogP contribution in [0.4, 0.5) is 0 Å². The minimum absolute atomic E-state index is 0.271. The maximum atomic E-state index is 12.6. The fourth-order valence-electron chi connectivity index (χ4n) is 2.60. The standard InChI is InChI=1S/C23H26O7/c1-23(2,3)30-21-15(10-12-19(27-4)22(21)28-5)9-11-18(24)16-7-6-8-17(13-16)29-14-20(25)26/h6-13H,14H2,1-5H3,(H,25,26). The molecule has 7 heteroatoms. The number of methoxy groups -OCH3 is 2. The quantitative estimate of drug-likeness (QED) is 0.485. The summed E-state index contributed by atoms with van der Waals surface area (Å²) < 4.78 is 22.0. The van der Waals surface area contributed by atoms with E-state index in [1.807, 2.05) is 20.8 Å². The third-order valence-corrected chi connectivity index (χ3v) is 3.83. The zero-order valence-electron chi connectivity index (χ0n) is 17.7. The van der Waals surface area contributed by atoms with E-state index in [9.17, 15) is 9.59 Å². The minimum Gasteiger partial charge on any atom is -0.493 e. The van der Waals surface area contributed by atoms with Gasteiger partial charge in [0.2, 0.25) is 5.75 Å². The van der Waals surface area contributed by atoms with E-state index in [4.69, 9.17) is 24.1 Å². The van der Waals surface area contributed by atoms with E-state index in [1.165, 1.54) is 26.4 Å². The van der Waals surface area contributed by atoms with Crippen molar-refractivity contribution in [3.63, 3.8) is 0 Å². The number of rotatable bonds is 9. The molecule has 0 saturated heterocycles. The SMILES string of the molecule is COc1ccc(C=CC(=O)c2cccc(OCC(=O)O)c2)c(OC(C)(C)C)c1OC. The molecule has 0 spiro atoms. The normalized spacial score (nSPS) is 11.2. The van der Waals surface area contributed by atoms with Crippen molar-refractivity contribution in [2.24, 2.45) is 0 Å². The lowest BCUT2D eigenvalue weighted by atomic mass is 10.1. The zero-order valence-corrected chi connectivity index (χ0v) is 17.7. The van der Waals surface area contributed by atoms with Crippen LogP contribution < -0.4 is 18.9 Å². The van der Waals surface area contributed by atoms with Crippen molar-refractivity contribution >= 4 is 17.8 Å². The molecule has 0 radical (unpaired) electrons. The van der Waals surface area contributed by atoms with Crippen LogP contribution in [0.3, 0.4) is 0 Å². The summed E-state index contributed by atoms with van der Waals surface area (Å²) in [7, 11) is 3.06. The monoisotopic (exact) mass is 414 g/mol. The molecule has 1 N–H and O–H groups in total.